The lowest BCUT2D eigenvalue weighted by Gasteiger charge is -2.09. The molecular weight excluding hydrogens is 306 g/mol. The fourth-order valence-electron chi connectivity index (χ4n) is 2.36. The minimum absolute atomic E-state index is 0.164. The topological polar surface area (TPSA) is 39.9 Å². The number of hydrogen-bond donors (Lipinski definition) is 0. The van der Waals surface area contributed by atoms with Crippen LogP contribution in [0.3, 0.4) is 0 Å². The predicted octanol–water partition coefficient (Wildman–Crippen LogP) is 4.16. The van der Waals surface area contributed by atoms with Gasteiger partial charge in [0.05, 0.1) is 40.8 Å². The highest BCUT2D eigenvalue weighted by Gasteiger charge is 2.16. The van der Waals surface area contributed by atoms with Crippen LogP contribution in [-0.2, 0) is 6.54 Å². The highest BCUT2D eigenvalue weighted by atomic mass is 35.5. The predicted molar refractivity (Wildman–Crippen MR) is 86.5 cm³/mol. The Morgan fingerprint density at radius 3 is 2.81 bits per heavy atom. The first-order chi connectivity index (χ1) is 10.1. The summed E-state index contributed by atoms with van der Waals surface area (Å²) in [5.74, 6) is 1.66. The Balaban J connectivity index is 2.14. The van der Waals surface area contributed by atoms with Crippen LogP contribution >= 0.6 is 22.9 Å². The van der Waals surface area contributed by atoms with E-state index in [0.29, 0.717) is 6.54 Å². The first-order valence-electron chi connectivity index (χ1n) is 6.67. The molecule has 3 aromatic rings. The van der Waals surface area contributed by atoms with Crippen molar-refractivity contribution in [2.24, 2.45) is 0 Å². The van der Waals surface area contributed by atoms with Crippen LogP contribution < -0.4 is 4.74 Å². The molecule has 2 heterocycles. The molecule has 4 nitrogen and oxygen atoms in total. The summed E-state index contributed by atoms with van der Waals surface area (Å²) in [5, 5.41) is 2.97. The number of fused-ring (bicyclic) bond motifs is 1. The minimum atomic E-state index is -0.164. The monoisotopic (exact) mass is 321 g/mol. The summed E-state index contributed by atoms with van der Waals surface area (Å²) >= 11 is 7.94. The zero-order valence-corrected chi connectivity index (χ0v) is 13.7. The molecule has 1 unspecified atom stereocenters. The molecule has 110 valence electrons. The third-order valence-electron chi connectivity index (χ3n) is 3.33. The number of alkyl halides is 1. The van der Waals surface area contributed by atoms with Crippen molar-refractivity contribution in [1.82, 2.24) is 14.5 Å². The van der Waals surface area contributed by atoms with Crippen LogP contribution in [0, 0.1) is 6.92 Å². The van der Waals surface area contributed by atoms with Crippen molar-refractivity contribution >= 4 is 34.0 Å². The van der Waals surface area contributed by atoms with E-state index >= 15 is 0 Å². The molecular formula is C15H16ClN3OS. The number of nitrogens with zero attached hydrogens (tertiary/aromatic N) is 3. The van der Waals surface area contributed by atoms with E-state index in [2.05, 4.69) is 19.9 Å². The van der Waals surface area contributed by atoms with Crippen LogP contribution in [0.4, 0.5) is 0 Å². The van der Waals surface area contributed by atoms with Crippen molar-refractivity contribution in [1.29, 1.82) is 0 Å². The van der Waals surface area contributed by atoms with Crippen LogP contribution in [0.5, 0.6) is 5.75 Å². The lowest BCUT2D eigenvalue weighted by Crippen LogP contribution is -2.06. The highest BCUT2D eigenvalue weighted by Crippen LogP contribution is 2.28. The minimum Gasteiger partial charge on any atom is -0.497 e. The fraction of sp³-hybridized carbons (Fsp3) is 0.333. The molecule has 6 heteroatoms. The van der Waals surface area contributed by atoms with Gasteiger partial charge in [0.1, 0.15) is 11.6 Å². The SMILES string of the molecule is COc1ccc2nc(C(C)Cl)n(Cc3csc(C)n3)c2c1. The van der Waals surface area contributed by atoms with Crippen molar-refractivity contribution in [2.45, 2.75) is 25.8 Å². The van der Waals surface area contributed by atoms with Gasteiger partial charge in [0, 0.05) is 11.4 Å². The van der Waals surface area contributed by atoms with Crippen LogP contribution in [0.1, 0.15) is 28.8 Å². The summed E-state index contributed by atoms with van der Waals surface area (Å²) in [6.07, 6.45) is 0. The van der Waals surface area contributed by atoms with Crippen molar-refractivity contribution in [2.75, 3.05) is 7.11 Å². The summed E-state index contributed by atoms with van der Waals surface area (Å²) in [5.41, 5.74) is 2.96. The molecule has 0 aliphatic heterocycles. The third-order valence-corrected chi connectivity index (χ3v) is 4.34. The van der Waals surface area contributed by atoms with Crippen molar-refractivity contribution in [3.05, 3.63) is 40.1 Å². The zero-order chi connectivity index (χ0) is 15.0. The van der Waals surface area contributed by atoms with Crippen LogP contribution in [0.2, 0.25) is 0 Å². The maximum atomic E-state index is 6.29. The van der Waals surface area contributed by atoms with E-state index in [-0.39, 0.29) is 5.38 Å². The Bertz CT molecular complexity index is 778. The molecule has 0 amide bonds. The molecule has 0 saturated heterocycles. The molecule has 1 aromatic carbocycles. The van der Waals surface area contributed by atoms with Crippen molar-refractivity contribution in [3.8, 4) is 5.75 Å². The van der Waals surface area contributed by atoms with Gasteiger partial charge in [0.2, 0.25) is 0 Å². The second-order valence-corrected chi connectivity index (χ2v) is 6.60. The number of aromatic nitrogens is 3. The number of hydrogen-bond acceptors (Lipinski definition) is 4. The second kappa shape index (κ2) is 5.66. The summed E-state index contributed by atoms with van der Waals surface area (Å²) < 4.78 is 7.43. The van der Waals surface area contributed by atoms with Gasteiger partial charge >= 0.3 is 0 Å². The molecule has 21 heavy (non-hydrogen) atoms. The van der Waals surface area contributed by atoms with Gasteiger partial charge in [-0.15, -0.1) is 22.9 Å². The van der Waals surface area contributed by atoms with Crippen molar-refractivity contribution < 1.29 is 4.74 Å². The Morgan fingerprint density at radius 1 is 1.38 bits per heavy atom. The maximum absolute atomic E-state index is 6.29. The smallest absolute Gasteiger partial charge is 0.128 e. The average Bonchev–Trinajstić information content (AvgIpc) is 3.03. The summed E-state index contributed by atoms with van der Waals surface area (Å²) in [4.78, 5) is 9.17. The van der Waals surface area contributed by atoms with Gasteiger partial charge in [-0.25, -0.2) is 9.97 Å². The molecule has 0 bridgehead atoms. The number of benzene rings is 1. The van der Waals surface area contributed by atoms with E-state index in [1.165, 1.54) is 0 Å². The van der Waals surface area contributed by atoms with Crippen LogP contribution in [-0.4, -0.2) is 21.6 Å². The Hall–Kier alpha value is -1.59. The van der Waals surface area contributed by atoms with Gasteiger partial charge in [0.25, 0.3) is 0 Å². The molecule has 0 aliphatic rings. The first-order valence-corrected chi connectivity index (χ1v) is 7.99. The fourth-order valence-corrected chi connectivity index (χ4v) is 3.13. The molecule has 1 atom stereocenters. The number of aryl methyl sites for hydroxylation is 1. The van der Waals surface area contributed by atoms with E-state index in [1.807, 2.05) is 32.0 Å². The molecule has 0 N–H and O–H groups in total. The largest absolute Gasteiger partial charge is 0.497 e. The third kappa shape index (κ3) is 2.76. The summed E-state index contributed by atoms with van der Waals surface area (Å²) in [7, 11) is 1.66. The second-order valence-electron chi connectivity index (χ2n) is 4.88. The lowest BCUT2D eigenvalue weighted by atomic mass is 10.3. The molecule has 2 aromatic heterocycles. The maximum Gasteiger partial charge on any atom is 0.128 e. The lowest BCUT2D eigenvalue weighted by molar-refractivity contribution is 0.415. The van der Waals surface area contributed by atoms with E-state index in [1.54, 1.807) is 18.4 Å². The molecule has 0 saturated carbocycles. The van der Waals surface area contributed by atoms with E-state index in [9.17, 15) is 0 Å². The average molecular weight is 322 g/mol. The Morgan fingerprint density at radius 2 is 2.19 bits per heavy atom. The number of halogens is 1. The van der Waals surface area contributed by atoms with Crippen LogP contribution in [0.15, 0.2) is 23.6 Å². The molecule has 3 rings (SSSR count). The van der Waals surface area contributed by atoms with Gasteiger partial charge in [-0.2, -0.15) is 0 Å². The van der Waals surface area contributed by atoms with Gasteiger partial charge in [0.15, 0.2) is 0 Å². The number of methoxy groups -OCH3 is 1. The Kier molecular flexibility index (Phi) is 3.87. The van der Waals surface area contributed by atoms with E-state index < -0.39 is 0 Å². The zero-order valence-electron chi connectivity index (χ0n) is 12.1. The Labute approximate surface area is 132 Å². The molecule has 0 fully saturated rings. The highest BCUT2D eigenvalue weighted by molar-refractivity contribution is 7.09. The van der Waals surface area contributed by atoms with Gasteiger partial charge < -0.3 is 9.30 Å². The van der Waals surface area contributed by atoms with Gasteiger partial charge in [-0.1, -0.05) is 0 Å². The van der Waals surface area contributed by atoms with Gasteiger partial charge in [-0.3, -0.25) is 0 Å². The number of ether oxygens (including phenoxy) is 1. The quantitative estimate of drug-likeness (QED) is 0.677. The molecule has 0 spiro atoms. The molecule has 0 aliphatic carbocycles. The number of imidazole rings is 1. The summed E-state index contributed by atoms with van der Waals surface area (Å²) in [6, 6.07) is 5.86. The summed E-state index contributed by atoms with van der Waals surface area (Å²) in [6.45, 7) is 4.61. The molecule has 0 radical (unpaired) electrons. The van der Waals surface area contributed by atoms with Crippen LogP contribution in [0.25, 0.3) is 11.0 Å². The number of thiazole rings is 1. The van der Waals surface area contributed by atoms with E-state index in [0.717, 1.165) is 33.3 Å². The van der Waals surface area contributed by atoms with E-state index in [4.69, 9.17) is 16.3 Å². The first kappa shape index (κ1) is 14.4. The normalized spacial score (nSPS) is 12.8. The number of rotatable bonds is 4. The van der Waals surface area contributed by atoms with Crippen molar-refractivity contribution in [3.63, 3.8) is 0 Å². The van der Waals surface area contributed by atoms with Gasteiger partial charge in [-0.05, 0) is 26.0 Å². The standard InChI is InChI=1S/C15H16ClN3OS/c1-9(16)15-18-13-5-4-12(20-3)6-14(13)19(15)7-11-8-21-10(2)17-11/h4-6,8-9H,7H2,1-3H3.